The minimum Gasteiger partial charge on any atom is -0.493 e. The van der Waals surface area contributed by atoms with Gasteiger partial charge in [0.15, 0.2) is 11.5 Å². The smallest absolute Gasteiger partial charge is 0.161 e. The Kier molecular flexibility index (Phi) is 6.92. The second-order valence-corrected chi connectivity index (χ2v) is 7.34. The lowest BCUT2D eigenvalue weighted by Gasteiger charge is -2.14. The molecule has 1 heterocycles. The number of hydrogen-bond donors (Lipinski definition) is 3. The summed E-state index contributed by atoms with van der Waals surface area (Å²) in [5.74, 6) is 2.26. The Morgan fingerprint density at radius 2 is 1.55 bits per heavy atom. The van der Waals surface area contributed by atoms with E-state index in [-0.39, 0.29) is 0 Å². The van der Waals surface area contributed by atoms with Gasteiger partial charge in [-0.3, -0.25) is 0 Å². The maximum atomic E-state index is 10.3. The number of para-hydroxylation sites is 3. The van der Waals surface area contributed by atoms with Gasteiger partial charge in [0.25, 0.3) is 0 Å². The van der Waals surface area contributed by atoms with Gasteiger partial charge in [0.1, 0.15) is 12.4 Å². The third-order valence-corrected chi connectivity index (χ3v) is 5.19. The van der Waals surface area contributed by atoms with Crippen LogP contribution in [0.2, 0.25) is 0 Å². The summed E-state index contributed by atoms with van der Waals surface area (Å²) >= 11 is 0. The molecule has 4 rings (SSSR count). The van der Waals surface area contributed by atoms with Gasteiger partial charge < -0.3 is 29.6 Å². The third-order valence-electron chi connectivity index (χ3n) is 5.19. The summed E-state index contributed by atoms with van der Waals surface area (Å²) in [4.78, 5) is 3.42. The van der Waals surface area contributed by atoms with E-state index in [1.165, 1.54) is 0 Å². The molecule has 31 heavy (non-hydrogen) atoms. The van der Waals surface area contributed by atoms with Crippen LogP contribution in [-0.4, -0.2) is 49.6 Å². The second-order valence-electron chi connectivity index (χ2n) is 7.34. The number of aromatic nitrogens is 1. The van der Waals surface area contributed by atoms with Gasteiger partial charge >= 0.3 is 0 Å². The molecule has 1 atom stereocenters. The average Bonchev–Trinajstić information content (AvgIpc) is 3.18. The van der Waals surface area contributed by atoms with Gasteiger partial charge in [-0.15, -0.1) is 0 Å². The van der Waals surface area contributed by atoms with E-state index in [0.29, 0.717) is 44.2 Å². The van der Waals surface area contributed by atoms with Gasteiger partial charge in [-0.05, 0) is 30.3 Å². The van der Waals surface area contributed by atoms with Crippen molar-refractivity contribution in [3.8, 4) is 17.2 Å². The molecule has 1 aromatic heterocycles. The Bertz CT molecular complexity index is 1120. The van der Waals surface area contributed by atoms with Gasteiger partial charge in [0.05, 0.1) is 25.3 Å². The summed E-state index contributed by atoms with van der Waals surface area (Å²) in [6.07, 6.45) is 0.0486. The molecule has 0 spiro atoms. The highest BCUT2D eigenvalue weighted by Gasteiger charge is 2.10. The molecule has 6 nitrogen and oxygen atoms in total. The van der Waals surface area contributed by atoms with Crippen LogP contribution in [0.4, 0.5) is 0 Å². The number of ether oxygens (including phenoxy) is 3. The lowest BCUT2D eigenvalue weighted by molar-refractivity contribution is 0.136. The van der Waals surface area contributed by atoms with Gasteiger partial charge in [-0.2, -0.15) is 0 Å². The fourth-order valence-electron chi connectivity index (χ4n) is 3.64. The van der Waals surface area contributed by atoms with Crippen LogP contribution in [0.1, 0.15) is 6.42 Å². The average molecular weight is 421 g/mol. The summed E-state index contributed by atoms with van der Waals surface area (Å²) in [5.41, 5.74) is 2.14. The zero-order valence-electron chi connectivity index (χ0n) is 17.6. The Hall–Kier alpha value is -3.22. The molecule has 6 heteroatoms. The number of rotatable bonds is 11. The van der Waals surface area contributed by atoms with Crippen LogP contribution in [0.25, 0.3) is 21.8 Å². The van der Waals surface area contributed by atoms with Crippen molar-refractivity contribution >= 4 is 21.8 Å². The molecule has 3 aromatic carbocycles. The molecule has 0 saturated carbocycles. The number of hydrogen-bond acceptors (Lipinski definition) is 5. The van der Waals surface area contributed by atoms with Gasteiger partial charge in [0.2, 0.25) is 0 Å². The van der Waals surface area contributed by atoms with Crippen molar-refractivity contribution in [3.05, 3.63) is 66.7 Å². The van der Waals surface area contributed by atoms with E-state index in [1.807, 2.05) is 54.6 Å². The SMILES string of the molecule is COc1ccccc1OCCNCC(O)CCOc1cccc2[nH]c3ccccc3c12. The first-order valence-corrected chi connectivity index (χ1v) is 10.5. The fraction of sp³-hybridized carbons (Fsp3) is 0.280. The molecular formula is C25H28N2O4. The molecule has 1 unspecified atom stereocenters. The van der Waals surface area contributed by atoms with Crippen LogP contribution in [0, 0.1) is 0 Å². The van der Waals surface area contributed by atoms with Crippen molar-refractivity contribution in [1.82, 2.24) is 10.3 Å². The van der Waals surface area contributed by atoms with E-state index in [1.54, 1.807) is 7.11 Å². The quantitative estimate of drug-likeness (QED) is 0.318. The first kappa shape index (κ1) is 21.0. The van der Waals surface area contributed by atoms with Crippen LogP contribution >= 0.6 is 0 Å². The minimum absolute atomic E-state index is 0.444. The number of benzene rings is 3. The largest absolute Gasteiger partial charge is 0.493 e. The number of aliphatic hydroxyl groups is 1. The number of fused-ring (bicyclic) bond motifs is 3. The second kappa shape index (κ2) is 10.2. The minimum atomic E-state index is -0.492. The van der Waals surface area contributed by atoms with Crippen LogP contribution in [0.5, 0.6) is 17.2 Å². The van der Waals surface area contributed by atoms with Crippen molar-refractivity contribution in [2.24, 2.45) is 0 Å². The highest BCUT2D eigenvalue weighted by molar-refractivity contribution is 6.10. The standard InChI is InChI=1S/C25H28N2O4/c1-29-22-10-4-5-11-23(22)31-16-14-26-17-18(28)13-15-30-24-12-6-9-21-25(24)19-7-2-3-8-20(19)27-21/h2-12,18,26-28H,13-17H2,1H3. The van der Waals surface area contributed by atoms with Crippen LogP contribution in [0.3, 0.4) is 0 Å². The maximum absolute atomic E-state index is 10.3. The monoisotopic (exact) mass is 420 g/mol. The van der Waals surface area contributed by atoms with Crippen molar-refractivity contribution < 1.29 is 19.3 Å². The van der Waals surface area contributed by atoms with Crippen molar-refractivity contribution in [1.29, 1.82) is 0 Å². The van der Waals surface area contributed by atoms with Gasteiger partial charge in [0, 0.05) is 35.8 Å². The van der Waals surface area contributed by atoms with E-state index in [2.05, 4.69) is 22.4 Å². The Morgan fingerprint density at radius 1 is 0.839 bits per heavy atom. The number of nitrogens with one attached hydrogen (secondary N) is 2. The molecule has 4 aromatic rings. The van der Waals surface area contributed by atoms with Gasteiger partial charge in [-0.25, -0.2) is 0 Å². The molecule has 0 aliphatic heterocycles. The van der Waals surface area contributed by atoms with E-state index in [4.69, 9.17) is 14.2 Å². The van der Waals surface area contributed by atoms with E-state index < -0.39 is 6.10 Å². The number of aromatic amines is 1. The third kappa shape index (κ3) is 5.10. The summed E-state index contributed by atoms with van der Waals surface area (Å²) in [6, 6.07) is 21.8. The van der Waals surface area contributed by atoms with Crippen LogP contribution < -0.4 is 19.5 Å². The van der Waals surface area contributed by atoms with Crippen LogP contribution in [0.15, 0.2) is 66.7 Å². The van der Waals surface area contributed by atoms with E-state index in [0.717, 1.165) is 27.6 Å². The lowest BCUT2D eigenvalue weighted by Crippen LogP contribution is -2.31. The zero-order chi connectivity index (χ0) is 21.5. The number of aliphatic hydroxyl groups excluding tert-OH is 1. The lowest BCUT2D eigenvalue weighted by atomic mass is 10.1. The number of methoxy groups -OCH3 is 1. The molecular weight excluding hydrogens is 392 g/mol. The topological polar surface area (TPSA) is 75.7 Å². The highest BCUT2D eigenvalue weighted by atomic mass is 16.5. The van der Waals surface area contributed by atoms with Crippen molar-refractivity contribution in [2.45, 2.75) is 12.5 Å². The Morgan fingerprint density at radius 3 is 2.42 bits per heavy atom. The maximum Gasteiger partial charge on any atom is 0.161 e. The Balaban J connectivity index is 1.21. The van der Waals surface area contributed by atoms with Crippen molar-refractivity contribution in [2.75, 3.05) is 33.4 Å². The zero-order valence-corrected chi connectivity index (χ0v) is 17.6. The first-order chi connectivity index (χ1) is 15.3. The summed E-state index contributed by atoms with van der Waals surface area (Å²) in [5, 5.41) is 15.7. The van der Waals surface area contributed by atoms with E-state index in [9.17, 15) is 5.11 Å². The summed E-state index contributed by atoms with van der Waals surface area (Å²) < 4.78 is 17.0. The molecule has 0 fully saturated rings. The molecule has 3 N–H and O–H groups in total. The molecule has 0 saturated heterocycles. The fourth-order valence-corrected chi connectivity index (χ4v) is 3.64. The predicted octanol–water partition coefficient (Wildman–Crippen LogP) is 4.13. The molecule has 0 aliphatic rings. The molecule has 0 amide bonds. The van der Waals surface area contributed by atoms with Crippen molar-refractivity contribution in [3.63, 3.8) is 0 Å². The molecule has 0 radical (unpaired) electrons. The summed E-state index contributed by atoms with van der Waals surface area (Å²) in [7, 11) is 1.62. The van der Waals surface area contributed by atoms with Crippen LogP contribution in [-0.2, 0) is 0 Å². The molecule has 162 valence electrons. The normalized spacial score (nSPS) is 12.2. The number of H-pyrrole nitrogens is 1. The molecule has 0 bridgehead atoms. The Labute approximate surface area is 181 Å². The van der Waals surface area contributed by atoms with Gasteiger partial charge in [-0.1, -0.05) is 36.4 Å². The highest BCUT2D eigenvalue weighted by Crippen LogP contribution is 2.33. The molecule has 0 aliphatic carbocycles. The summed E-state index contributed by atoms with van der Waals surface area (Å²) in [6.45, 7) is 2.05. The predicted molar refractivity (Wildman–Crippen MR) is 123 cm³/mol. The van der Waals surface area contributed by atoms with E-state index >= 15 is 0 Å². The first-order valence-electron chi connectivity index (χ1n) is 10.5.